The summed E-state index contributed by atoms with van der Waals surface area (Å²) in [6, 6.07) is 19.6. The summed E-state index contributed by atoms with van der Waals surface area (Å²) in [6.45, 7) is 0.517. The number of benzene rings is 3. The van der Waals surface area contributed by atoms with Gasteiger partial charge in [-0.1, -0.05) is 24.3 Å². The number of amides is 2. The number of hydrogen-bond acceptors (Lipinski definition) is 4. The van der Waals surface area contributed by atoms with E-state index in [0.29, 0.717) is 29.2 Å². The number of rotatable bonds is 5. The van der Waals surface area contributed by atoms with E-state index in [1.807, 2.05) is 35.0 Å². The molecule has 0 aliphatic carbocycles. The Kier molecular flexibility index (Phi) is 5.04. The zero-order valence-electron chi connectivity index (χ0n) is 15.9. The fourth-order valence-electron chi connectivity index (χ4n) is 3.15. The zero-order valence-corrected chi connectivity index (χ0v) is 15.9. The second kappa shape index (κ2) is 7.96. The molecule has 0 spiro atoms. The maximum Gasteiger partial charge on any atom is 0.409 e. The monoisotopic (exact) mass is 401 g/mol. The molecular weight excluding hydrogens is 382 g/mol. The molecule has 0 unspecified atom stereocenters. The first kappa shape index (κ1) is 19.0. The van der Waals surface area contributed by atoms with Gasteiger partial charge in [-0.2, -0.15) is 5.10 Å². The van der Waals surface area contributed by atoms with Crippen molar-refractivity contribution in [3.63, 3.8) is 0 Å². The third kappa shape index (κ3) is 4.07. The largest absolute Gasteiger partial charge is 0.465 e. The van der Waals surface area contributed by atoms with E-state index in [2.05, 4.69) is 15.7 Å². The van der Waals surface area contributed by atoms with Crippen LogP contribution in [0.1, 0.15) is 15.9 Å². The van der Waals surface area contributed by atoms with Gasteiger partial charge in [0.2, 0.25) is 0 Å². The SMILES string of the molecule is Nc1ccccc1NC(=O)c1ccc(Cn2ncc3cc(NC(=O)O)ccc32)cc1. The third-order valence-corrected chi connectivity index (χ3v) is 4.65. The fraction of sp³-hybridized carbons (Fsp3) is 0.0455. The number of nitrogens with two attached hydrogens (primary N) is 1. The summed E-state index contributed by atoms with van der Waals surface area (Å²) < 4.78 is 1.82. The first-order chi connectivity index (χ1) is 14.5. The van der Waals surface area contributed by atoms with Gasteiger partial charge in [0.05, 0.1) is 29.6 Å². The van der Waals surface area contributed by atoms with Gasteiger partial charge in [-0.05, 0) is 48.0 Å². The molecule has 5 N–H and O–H groups in total. The van der Waals surface area contributed by atoms with Gasteiger partial charge in [0.1, 0.15) is 0 Å². The number of carbonyl (C=O) groups excluding carboxylic acids is 1. The number of nitrogens with zero attached hydrogens (tertiary/aromatic N) is 2. The molecule has 1 heterocycles. The molecule has 3 aromatic carbocycles. The second-order valence-electron chi connectivity index (χ2n) is 6.74. The topological polar surface area (TPSA) is 122 Å². The lowest BCUT2D eigenvalue weighted by molar-refractivity contribution is 0.102. The Labute approximate surface area is 171 Å². The van der Waals surface area contributed by atoms with Crippen molar-refractivity contribution in [2.75, 3.05) is 16.4 Å². The summed E-state index contributed by atoms with van der Waals surface area (Å²) in [7, 11) is 0. The minimum Gasteiger partial charge on any atom is -0.465 e. The highest BCUT2D eigenvalue weighted by Crippen LogP contribution is 2.21. The molecule has 0 fully saturated rings. The molecule has 0 bridgehead atoms. The van der Waals surface area contributed by atoms with Crippen LogP contribution in [0.5, 0.6) is 0 Å². The van der Waals surface area contributed by atoms with Crippen molar-refractivity contribution in [2.45, 2.75) is 6.54 Å². The Morgan fingerprint density at radius 2 is 1.77 bits per heavy atom. The average Bonchev–Trinajstić information content (AvgIpc) is 3.11. The molecule has 0 radical (unpaired) electrons. The number of hydrogen-bond donors (Lipinski definition) is 4. The number of nitrogen functional groups attached to an aromatic ring is 1. The highest BCUT2D eigenvalue weighted by molar-refractivity contribution is 6.05. The maximum absolute atomic E-state index is 12.4. The summed E-state index contributed by atoms with van der Waals surface area (Å²) in [4.78, 5) is 23.2. The van der Waals surface area contributed by atoms with E-state index in [0.717, 1.165) is 16.5 Å². The van der Waals surface area contributed by atoms with Gasteiger partial charge in [0.15, 0.2) is 0 Å². The van der Waals surface area contributed by atoms with E-state index in [1.54, 1.807) is 42.6 Å². The van der Waals surface area contributed by atoms with Crippen LogP contribution in [0.15, 0.2) is 72.9 Å². The van der Waals surface area contributed by atoms with Crippen LogP contribution in [0.3, 0.4) is 0 Å². The molecule has 8 heteroatoms. The highest BCUT2D eigenvalue weighted by Gasteiger charge is 2.09. The van der Waals surface area contributed by atoms with Gasteiger partial charge >= 0.3 is 6.09 Å². The van der Waals surface area contributed by atoms with Crippen molar-refractivity contribution in [2.24, 2.45) is 0 Å². The molecule has 0 aliphatic heterocycles. The number of aromatic nitrogens is 2. The molecule has 30 heavy (non-hydrogen) atoms. The van der Waals surface area contributed by atoms with E-state index in [9.17, 15) is 9.59 Å². The molecule has 150 valence electrons. The Bertz CT molecular complexity index is 1230. The Hall–Kier alpha value is -4.33. The van der Waals surface area contributed by atoms with Gasteiger partial charge in [0, 0.05) is 16.6 Å². The summed E-state index contributed by atoms with van der Waals surface area (Å²) in [5.74, 6) is -0.234. The van der Waals surface area contributed by atoms with E-state index in [4.69, 9.17) is 10.8 Å². The van der Waals surface area contributed by atoms with Crippen molar-refractivity contribution in [3.05, 3.63) is 84.1 Å². The van der Waals surface area contributed by atoms with E-state index in [-0.39, 0.29) is 5.91 Å². The van der Waals surface area contributed by atoms with Crippen molar-refractivity contribution in [1.29, 1.82) is 0 Å². The van der Waals surface area contributed by atoms with Crippen LogP contribution in [0.2, 0.25) is 0 Å². The first-order valence-corrected chi connectivity index (χ1v) is 9.20. The number of carbonyl (C=O) groups is 2. The fourth-order valence-corrected chi connectivity index (χ4v) is 3.15. The van der Waals surface area contributed by atoms with Crippen LogP contribution < -0.4 is 16.4 Å². The maximum atomic E-state index is 12.4. The van der Waals surface area contributed by atoms with E-state index >= 15 is 0 Å². The minimum absolute atomic E-state index is 0.234. The smallest absolute Gasteiger partial charge is 0.409 e. The van der Waals surface area contributed by atoms with Crippen LogP contribution in [-0.4, -0.2) is 26.9 Å². The quantitative estimate of drug-likeness (QED) is 0.376. The lowest BCUT2D eigenvalue weighted by Gasteiger charge is -2.09. The van der Waals surface area contributed by atoms with Crippen molar-refractivity contribution in [1.82, 2.24) is 9.78 Å². The number of carboxylic acid groups (broad SMARTS) is 1. The Morgan fingerprint density at radius 1 is 1.00 bits per heavy atom. The van der Waals surface area contributed by atoms with Crippen molar-refractivity contribution >= 4 is 40.0 Å². The van der Waals surface area contributed by atoms with Crippen molar-refractivity contribution in [3.8, 4) is 0 Å². The molecule has 8 nitrogen and oxygen atoms in total. The zero-order chi connectivity index (χ0) is 21.1. The molecule has 0 atom stereocenters. The van der Waals surface area contributed by atoms with Crippen LogP contribution in [-0.2, 0) is 6.54 Å². The molecule has 0 saturated heterocycles. The van der Waals surface area contributed by atoms with Crippen LogP contribution >= 0.6 is 0 Å². The Balaban J connectivity index is 1.47. The lowest BCUT2D eigenvalue weighted by Crippen LogP contribution is -2.13. The Morgan fingerprint density at radius 3 is 2.50 bits per heavy atom. The summed E-state index contributed by atoms with van der Waals surface area (Å²) in [5, 5.41) is 19.2. The van der Waals surface area contributed by atoms with Gasteiger partial charge in [-0.3, -0.25) is 14.8 Å². The number of anilines is 3. The predicted octanol–water partition coefficient (Wildman–Crippen LogP) is 4.01. The summed E-state index contributed by atoms with van der Waals surface area (Å²) in [5.41, 5.74) is 9.82. The third-order valence-electron chi connectivity index (χ3n) is 4.65. The van der Waals surface area contributed by atoms with E-state index < -0.39 is 6.09 Å². The van der Waals surface area contributed by atoms with Crippen molar-refractivity contribution < 1.29 is 14.7 Å². The predicted molar refractivity (Wildman–Crippen MR) is 116 cm³/mol. The number of nitrogens with one attached hydrogen (secondary N) is 2. The molecule has 0 aliphatic rings. The summed E-state index contributed by atoms with van der Waals surface area (Å²) in [6.07, 6.45) is 0.579. The summed E-state index contributed by atoms with van der Waals surface area (Å²) >= 11 is 0. The van der Waals surface area contributed by atoms with Gasteiger partial charge < -0.3 is 16.2 Å². The van der Waals surface area contributed by atoms with Gasteiger partial charge in [0.25, 0.3) is 5.91 Å². The van der Waals surface area contributed by atoms with Gasteiger partial charge in [-0.15, -0.1) is 0 Å². The normalized spacial score (nSPS) is 10.7. The lowest BCUT2D eigenvalue weighted by atomic mass is 10.1. The standard InChI is InChI=1S/C22H19N5O3/c23-18-3-1-2-4-19(18)26-21(28)15-7-5-14(6-8-15)13-27-20-10-9-17(25-22(29)30)11-16(20)12-24-27/h1-12,25H,13,23H2,(H,26,28)(H,29,30). The van der Waals surface area contributed by atoms with Crippen LogP contribution in [0, 0.1) is 0 Å². The molecule has 0 saturated carbocycles. The van der Waals surface area contributed by atoms with E-state index in [1.165, 1.54) is 0 Å². The molecule has 2 amide bonds. The second-order valence-corrected chi connectivity index (χ2v) is 6.74. The average molecular weight is 401 g/mol. The molecule has 1 aromatic heterocycles. The highest BCUT2D eigenvalue weighted by atomic mass is 16.4. The number of fused-ring (bicyclic) bond motifs is 1. The van der Waals surface area contributed by atoms with Crippen LogP contribution in [0.4, 0.5) is 21.9 Å². The van der Waals surface area contributed by atoms with Crippen LogP contribution in [0.25, 0.3) is 10.9 Å². The van der Waals surface area contributed by atoms with Gasteiger partial charge in [-0.25, -0.2) is 4.79 Å². The first-order valence-electron chi connectivity index (χ1n) is 9.20. The minimum atomic E-state index is -1.11. The molecule has 4 aromatic rings. The molecule has 4 rings (SSSR count). The molecular formula is C22H19N5O3. The number of para-hydroxylation sites is 2.